The summed E-state index contributed by atoms with van der Waals surface area (Å²) in [7, 11) is 2.19. The predicted octanol–water partition coefficient (Wildman–Crippen LogP) is 1.24. The van der Waals surface area contributed by atoms with E-state index in [0.29, 0.717) is 5.56 Å². The number of nitro benzene ring substituents is 1. The molecule has 144 valence electrons. The van der Waals surface area contributed by atoms with Crippen LogP contribution in [0.4, 0.5) is 5.69 Å². The molecule has 10 heteroatoms. The first-order chi connectivity index (χ1) is 12.8. The highest BCUT2D eigenvalue weighted by Crippen LogP contribution is 2.40. The van der Waals surface area contributed by atoms with E-state index in [4.69, 9.17) is 14.2 Å². The Labute approximate surface area is 153 Å². The van der Waals surface area contributed by atoms with Crippen LogP contribution in [0.25, 0.3) is 0 Å². The number of methoxy groups -OCH3 is 2. The molecular weight excluding hydrogens is 362 g/mol. The summed E-state index contributed by atoms with van der Waals surface area (Å²) in [6.07, 6.45) is -2.66. The van der Waals surface area contributed by atoms with Crippen molar-refractivity contribution in [3.63, 3.8) is 0 Å². The van der Waals surface area contributed by atoms with E-state index in [1.54, 1.807) is 6.92 Å². The van der Waals surface area contributed by atoms with Gasteiger partial charge >= 0.3 is 17.9 Å². The lowest BCUT2D eigenvalue weighted by molar-refractivity contribution is -0.384. The van der Waals surface area contributed by atoms with E-state index in [0.717, 1.165) is 14.2 Å². The highest BCUT2D eigenvalue weighted by atomic mass is 16.6. The molecule has 0 bridgehead atoms. The van der Waals surface area contributed by atoms with Crippen molar-refractivity contribution in [2.24, 2.45) is 0 Å². The molecule has 0 aromatic heterocycles. The molecule has 27 heavy (non-hydrogen) atoms. The second-order valence-corrected chi connectivity index (χ2v) is 5.31. The van der Waals surface area contributed by atoms with Gasteiger partial charge in [-0.25, -0.2) is 14.4 Å². The molecule has 0 amide bonds. The first kappa shape index (κ1) is 20.0. The van der Waals surface area contributed by atoms with Crippen molar-refractivity contribution >= 4 is 23.6 Å². The standard InChI is InChI=1S/C17H17NO9/c1-4-26-17(21)14-12(16(20)25-3)11(15(19)24-2)13(27-14)9-5-7-10(8-6-9)18(22)23/h5-8,13-14H,4H2,1-3H3/t13-,14+/m0/s1. The van der Waals surface area contributed by atoms with Crippen LogP contribution in [0.15, 0.2) is 35.4 Å². The van der Waals surface area contributed by atoms with Gasteiger partial charge in [-0.3, -0.25) is 10.1 Å². The Kier molecular flexibility index (Phi) is 6.24. The van der Waals surface area contributed by atoms with Crippen molar-refractivity contribution in [2.45, 2.75) is 19.1 Å². The number of nitrogens with zero attached hydrogens (tertiary/aromatic N) is 1. The van der Waals surface area contributed by atoms with Gasteiger partial charge in [0.05, 0.1) is 36.9 Å². The molecule has 0 unspecified atom stereocenters. The fourth-order valence-electron chi connectivity index (χ4n) is 2.62. The molecule has 1 aromatic rings. The third-order valence-electron chi connectivity index (χ3n) is 3.80. The smallest absolute Gasteiger partial charge is 0.340 e. The van der Waals surface area contributed by atoms with Crippen molar-refractivity contribution in [3.05, 3.63) is 51.1 Å². The third-order valence-corrected chi connectivity index (χ3v) is 3.80. The van der Waals surface area contributed by atoms with Crippen molar-refractivity contribution in [1.29, 1.82) is 0 Å². The van der Waals surface area contributed by atoms with Crippen LogP contribution in [0.3, 0.4) is 0 Å². The van der Waals surface area contributed by atoms with Crippen molar-refractivity contribution in [2.75, 3.05) is 20.8 Å². The Bertz CT molecular complexity index is 797. The zero-order valence-electron chi connectivity index (χ0n) is 14.8. The van der Waals surface area contributed by atoms with Crippen LogP contribution in [0.2, 0.25) is 0 Å². The van der Waals surface area contributed by atoms with Crippen molar-refractivity contribution in [3.8, 4) is 0 Å². The monoisotopic (exact) mass is 379 g/mol. The number of nitro groups is 1. The van der Waals surface area contributed by atoms with Gasteiger partial charge in [0.1, 0.15) is 6.10 Å². The summed E-state index contributed by atoms with van der Waals surface area (Å²) in [5, 5.41) is 10.8. The Balaban J connectivity index is 2.57. The zero-order valence-corrected chi connectivity index (χ0v) is 14.8. The highest BCUT2D eigenvalue weighted by molar-refractivity contribution is 6.06. The Hall–Kier alpha value is -3.27. The molecule has 0 spiro atoms. The predicted molar refractivity (Wildman–Crippen MR) is 88.4 cm³/mol. The van der Waals surface area contributed by atoms with Crippen LogP contribution in [0.5, 0.6) is 0 Å². The Morgan fingerprint density at radius 3 is 2.11 bits per heavy atom. The summed E-state index contributed by atoms with van der Waals surface area (Å²) in [5.41, 5.74) is -0.410. The van der Waals surface area contributed by atoms with E-state index in [2.05, 4.69) is 4.74 Å². The van der Waals surface area contributed by atoms with Crippen LogP contribution in [-0.4, -0.2) is 49.8 Å². The minimum atomic E-state index is -1.49. The van der Waals surface area contributed by atoms with Gasteiger partial charge in [0.15, 0.2) is 6.10 Å². The quantitative estimate of drug-likeness (QED) is 0.310. The molecule has 2 atom stereocenters. The number of rotatable bonds is 6. The van der Waals surface area contributed by atoms with E-state index in [1.165, 1.54) is 24.3 Å². The van der Waals surface area contributed by atoms with Gasteiger partial charge in [-0.15, -0.1) is 0 Å². The minimum absolute atomic E-state index is 0.0307. The van der Waals surface area contributed by atoms with Crippen LogP contribution in [0.1, 0.15) is 18.6 Å². The van der Waals surface area contributed by atoms with Gasteiger partial charge in [-0.05, 0) is 24.6 Å². The normalized spacial score (nSPS) is 18.8. The SMILES string of the molecule is CCOC(=O)[C@@H]1O[C@@H](c2ccc([N+](=O)[O-])cc2)C(C(=O)OC)=C1C(=O)OC. The Morgan fingerprint density at radius 2 is 1.63 bits per heavy atom. The molecule has 10 nitrogen and oxygen atoms in total. The van der Waals surface area contributed by atoms with Gasteiger partial charge in [0.2, 0.25) is 0 Å². The van der Waals surface area contributed by atoms with E-state index in [9.17, 15) is 24.5 Å². The van der Waals surface area contributed by atoms with Gasteiger partial charge < -0.3 is 18.9 Å². The molecule has 0 saturated heterocycles. The number of carbonyl (C=O) groups excluding carboxylic acids is 3. The van der Waals surface area contributed by atoms with Gasteiger partial charge in [0.25, 0.3) is 5.69 Å². The van der Waals surface area contributed by atoms with Crippen LogP contribution >= 0.6 is 0 Å². The summed E-state index contributed by atoms with van der Waals surface area (Å²) in [6.45, 7) is 1.60. The number of hydrogen-bond acceptors (Lipinski definition) is 9. The fraction of sp³-hybridized carbons (Fsp3) is 0.353. The largest absolute Gasteiger partial charge is 0.466 e. The minimum Gasteiger partial charge on any atom is -0.466 e. The number of esters is 3. The number of ether oxygens (including phenoxy) is 4. The van der Waals surface area contributed by atoms with Gasteiger partial charge in [-0.1, -0.05) is 0 Å². The zero-order chi connectivity index (χ0) is 20.1. The summed E-state index contributed by atoms with van der Waals surface area (Å²) >= 11 is 0. The maximum atomic E-state index is 12.3. The first-order valence-electron chi connectivity index (χ1n) is 7.82. The molecule has 0 N–H and O–H groups in total. The second kappa shape index (κ2) is 8.41. The first-order valence-corrected chi connectivity index (χ1v) is 7.82. The number of non-ortho nitro benzene ring substituents is 1. The van der Waals surface area contributed by atoms with Gasteiger partial charge in [0, 0.05) is 12.1 Å². The molecular formula is C17H17NO9. The maximum absolute atomic E-state index is 12.3. The van der Waals surface area contributed by atoms with E-state index in [1.807, 2.05) is 0 Å². The molecule has 0 aliphatic carbocycles. The number of hydrogen-bond donors (Lipinski definition) is 0. The fourth-order valence-corrected chi connectivity index (χ4v) is 2.62. The summed E-state index contributed by atoms with van der Waals surface area (Å²) in [6, 6.07) is 5.13. The van der Waals surface area contributed by atoms with E-state index >= 15 is 0 Å². The van der Waals surface area contributed by atoms with Crippen molar-refractivity contribution < 1.29 is 38.3 Å². The molecule has 1 heterocycles. The van der Waals surface area contributed by atoms with E-state index in [-0.39, 0.29) is 23.4 Å². The van der Waals surface area contributed by atoms with Crippen LogP contribution in [-0.2, 0) is 33.3 Å². The molecule has 2 rings (SSSR count). The van der Waals surface area contributed by atoms with E-state index < -0.39 is 35.0 Å². The third kappa shape index (κ3) is 3.95. The molecule has 1 aliphatic rings. The molecule has 1 aliphatic heterocycles. The summed E-state index contributed by atoms with van der Waals surface area (Å²) in [5.74, 6) is -2.72. The highest BCUT2D eigenvalue weighted by Gasteiger charge is 2.47. The molecule has 0 fully saturated rings. The lowest BCUT2D eigenvalue weighted by Crippen LogP contribution is -2.29. The average Bonchev–Trinajstić information content (AvgIpc) is 3.07. The van der Waals surface area contributed by atoms with Gasteiger partial charge in [-0.2, -0.15) is 0 Å². The maximum Gasteiger partial charge on any atom is 0.340 e. The number of benzene rings is 1. The second-order valence-electron chi connectivity index (χ2n) is 5.31. The lowest BCUT2D eigenvalue weighted by Gasteiger charge is -2.15. The average molecular weight is 379 g/mol. The van der Waals surface area contributed by atoms with Crippen molar-refractivity contribution in [1.82, 2.24) is 0 Å². The topological polar surface area (TPSA) is 131 Å². The summed E-state index contributed by atoms with van der Waals surface area (Å²) < 4.78 is 19.9. The summed E-state index contributed by atoms with van der Waals surface area (Å²) in [4.78, 5) is 47.0. The van der Waals surface area contributed by atoms with Crippen LogP contribution in [0, 0.1) is 10.1 Å². The van der Waals surface area contributed by atoms with Crippen LogP contribution < -0.4 is 0 Å². The molecule has 0 saturated carbocycles. The number of carbonyl (C=O) groups is 3. The molecule has 1 aromatic carbocycles. The lowest BCUT2D eigenvalue weighted by atomic mass is 9.97. The molecule has 0 radical (unpaired) electrons. The Morgan fingerprint density at radius 1 is 1.07 bits per heavy atom.